The smallest absolute Gasteiger partial charge is 0.141 e. The molecule has 0 fully saturated rings. The SMILES string of the molecule is CC(CC(N)=NO)OCCc1ccccn1. The van der Waals surface area contributed by atoms with Crippen LogP contribution in [0.1, 0.15) is 19.0 Å². The zero-order valence-electron chi connectivity index (χ0n) is 9.34. The second kappa shape index (κ2) is 6.79. The molecule has 0 saturated heterocycles. The summed E-state index contributed by atoms with van der Waals surface area (Å²) in [6.07, 6.45) is 2.90. The summed E-state index contributed by atoms with van der Waals surface area (Å²) in [5, 5.41) is 11.3. The number of oxime groups is 1. The number of rotatable bonds is 6. The van der Waals surface area contributed by atoms with Gasteiger partial charge in [0.2, 0.25) is 0 Å². The van der Waals surface area contributed by atoms with Crippen molar-refractivity contribution in [3.05, 3.63) is 30.1 Å². The summed E-state index contributed by atoms with van der Waals surface area (Å²) in [6.45, 7) is 2.47. The Kier molecular flexibility index (Phi) is 5.28. The van der Waals surface area contributed by atoms with Gasteiger partial charge in [-0.05, 0) is 19.1 Å². The quantitative estimate of drug-likeness (QED) is 0.328. The molecule has 0 bridgehead atoms. The van der Waals surface area contributed by atoms with Crippen LogP contribution >= 0.6 is 0 Å². The average molecular weight is 223 g/mol. The van der Waals surface area contributed by atoms with E-state index in [1.54, 1.807) is 6.20 Å². The van der Waals surface area contributed by atoms with E-state index >= 15 is 0 Å². The van der Waals surface area contributed by atoms with Crippen LogP contribution in [-0.4, -0.2) is 28.7 Å². The number of ether oxygens (including phenoxy) is 1. The van der Waals surface area contributed by atoms with Crippen molar-refractivity contribution in [2.45, 2.75) is 25.9 Å². The molecule has 5 nitrogen and oxygen atoms in total. The lowest BCUT2D eigenvalue weighted by molar-refractivity contribution is 0.0723. The minimum Gasteiger partial charge on any atom is -0.409 e. The number of nitrogens with zero attached hydrogens (tertiary/aromatic N) is 2. The molecule has 88 valence electrons. The molecule has 1 aromatic heterocycles. The van der Waals surface area contributed by atoms with Gasteiger partial charge >= 0.3 is 0 Å². The first-order valence-electron chi connectivity index (χ1n) is 5.20. The molecule has 5 heteroatoms. The fraction of sp³-hybridized carbons (Fsp3) is 0.455. The number of amidine groups is 1. The van der Waals surface area contributed by atoms with Crippen LogP contribution in [0.2, 0.25) is 0 Å². The summed E-state index contributed by atoms with van der Waals surface area (Å²) >= 11 is 0. The van der Waals surface area contributed by atoms with E-state index in [0.29, 0.717) is 13.0 Å². The highest BCUT2D eigenvalue weighted by molar-refractivity contribution is 5.79. The van der Waals surface area contributed by atoms with Crippen molar-refractivity contribution in [3.63, 3.8) is 0 Å². The van der Waals surface area contributed by atoms with E-state index in [1.165, 1.54) is 0 Å². The van der Waals surface area contributed by atoms with E-state index in [0.717, 1.165) is 12.1 Å². The Hall–Kier alpha value is -1.62. The van der Waals surface area contributed by atoms with Gasteiger partial charge in [0.05, 0.1) is 12.7 Å². The van der Waals surface area contributed by atoms with Crippen LogP contribution < -0.4 is 5.73 Å². The van der Waals surface area contributed by atoms with Gasteiger partial charge in [-0.15, -0.1) is 0 Å². The van der Waals surface area contributed by atoms with Gasteiger partial charge in [0.1, 0.15) is 5.84 Å². The zero-order chi connectivity index (χ0) is 11.8. The molecule has 3 N–H and O–H groups in total. The molecule has 0 aliphatic carbocycles. The lowest BCUT2D eigenvalue weighted by Crippen LogP contribution is -2.21. The fourth-order valence-electron chi connectivity index (χ4n) is 1.30. The number of nitrogens with two attached hydrogens (primary N) is 1. The monoisotopic (exact) mass is 223 g/mol. The Morgan fingerprint density at radius 3 is 3.06 bits per heavy atom. The predicted molar refractivity (Wildman–Crippen MR) is 61.4 cm³/mol. The van der Waals surface area contributed by atoms with Crippen LogP contribution in [0.25, 0.3) is 0 Å². The Morgan fingerprint density at radius 1 is 1.62 bits per heavy atom. The molecule has 0 aliphatic rings. The summed E-state index contributed by atoms with van der Waals surface area (Å²) in [6, 6.07) is 5.78. The lowest BCUT2D eigenvalue weighted by Gasteiger charge is -2.11. The second-order valence-corrected chi connectivity index (χ2v) is 3.55. The third kappa shape index (κ3) is 4.75. The van der Waals surface area contributed by atoms with Gasteiger partial charge in [0.25, 0.3) is 0 Å². The van der Waals surface area contributed by atoms with Gasteiger partial charge in [-0.25, -0.2) is 0 Å². The summed E-state index contributed by atoms with van der Waals surface area (Å²) < 4.78 is 5.51. The number of hydrogen-bond acceptors (Lipinski definition) is 4. The molecule has 0 radical (unpaired) electrons. The van der Waals surface area contributed by atoms with Crippen LogP contribution in [-0.2, 0) is 11.2 Å². The minimum atomic E-state index is -0.0559. The Bertz CT molecular complexity index is 327. The van der Waals surface area contributed by atoms with Gasteiger partial charge in [0.15, 0.2) is 0 Å². The standard InChI is InChI=1S/C11H17N3O2/c1-9(8-11(12)14-15)16-7-5-10-4-2-3-6-13-10/h2-4,6,9,15H,5,7-8H2,1H3,(H2,12,14). The van der Waals surface area contributed by atoms with Crippen LogP contribution in [0.3, 0.4) is 0 Å². The first-order chi connectivity index (χ1) is 7.72. The van der Waals surface area contributed by atoms with Crippen molar-refractivity contribution in [3.8, 4) is 0 Å². The van der Waals surface area contributed by atoms with E-state index in [4.69, 9.17) is 15.7 Å². The average Bonchev–Trinajstić information content (AvgIpc) is 2.30. The van der Waals surface area contributed by atoms with Crippen molar-refractivity contribution in [2.24, 2.45) is 10.9 Å². The normalized spacial score (nSPS) is 13.7. The van der Waals surface area contributed by atoms with Gasteiger partial charge in [-0.2, -0.15) is 0 Å². The van der Waals surface area contributed by atoms with E-state index in [1.807, 2.05) is 25.1 Å². The maximum atomic E-state index is 8.38. The summed E-state index contributed by atoms with van der Waals surface area (Å²) in [7, 11) is 0. The van der Waals surface area contributed by atoms with Gasteiger partial charge in [-0.3, -0.25) is 4.98 Å². The molecule has 1 rings (SSSR count). The van der Waals surface area contributed by atoms with Crippen LogP contribution in [0.15, 0.2) is 29.6 Å². The Balaban J connectivity index is 2.21. The van der Waals surface area contributed by atoms with Crippen LogP contribution in [0.4, 0.5) is 0 Å². The van der Waals surface area contributed by atoms with Gasteiger partial charge < -0.3 is 15.7 Å². The minimum absolute atomic E-state index is 0.0559. The van der Waals surface area contributed by atoms with Crippen molar-refractivity contribution < 1.29 is 9.94 Å². The Morgan fingerprint density at radius 2 is 2.44 bits per heavy atom. The molecule has 1 aromatic rings. The second-order valence-electron chi connectivity index (χ2n) is 3.55. The predicted octanol–water partition coefficient (Wildman–Crippen LogP) is 1.17. The molecule has 1 heterocycles. The summed E-state index contributed by atoms with van der Waals surface area (Å²) in [4.78, 5) is 4.18. The summed E-state index contributed by atoms with van der Waals surface area (Å²) in [5.41, 5.74) is 6.36. The topological polar surface area (TPSA) is 80.7 Å². The van der Waals surface area contributed by atoms with E-state index < -0.39 is 0 Å². The number of aromatic nitrogens is 1. The molecule has 0 aliphatic heterocycles. The number of hydrogen-bond donors (Lipinski definition) is 2. The van der Waals surface area contributed by atoms with Crippen molar-refractivity contribution in [1.82, 2.24) is 4.98 Å². The van der Waals surface area contributed by atoms with Gasteiger partial charge in [-0.1, -0.05) is 11.2 Å². The van der Waals surface area contributed by atoms with Crippen LogP contribution in [0, 0.1) is 0 Å². The first kappa shape index (κ1) is 12.4. The molecule has 16 heavy (non-hydrogen) atoms. The van der Waals surface area contributed by atoms with E-state index in [-0.39, 0.29) is 11.9 Å². The largest absolute Gasteiger partial charge is 0.409 e. The summed E-state index contributed by atoms with van der Waals surface area (Å²) in [5.74, 6) is 0.185. The highest BCUT2D eigenvalue weighted by atomic mass is 16.5. The number of pyridine rings is 1. The molecule has 0 amide bonds. The zero-order valence-corrected chi connectivity index (χ0v) is 9.34. The van der Waals surface area contributed by atoms with Crippen molar-refractivity contribution >= 4 is 5.84 Å². The molecule has 1 atom stereocenters. The highest BCUT2D eigenvalue weighted by Gasteiger charge is 2.05. The van der Waals surface area contributed by atoms with E-state index in [2.05, 4.69) is 10.1 Å². The molecular weight excluding hydrogens is 206 g/mol. The lowest BCUT2D eigenvalue weighted by atomic mass is 10.2. The van der Waals surface area contributed by atoms with Crippen molar-refractivity contribution in [2.75, 3.05) is 6.61 Å². The van der Waals surface area contributed by atoms with Gasteiger partial charge in [0, 0.05) is 24.7 Å². The Labute approximate surface area is 94.9 Å². The molecule has 1 unspecified atom stereocenters. The molecule has 0 aromatic carbocycles. The van der Waals surface area contributed by atoms with Crippen molar-refractivity contribution in [1.29, 1.82) is 0 Å². The highest BCUT2D eigenvalue weighted by Crippen LogP contribution is 2.00. The third-order valence-electron chi connectivity index (χ3n) is 2.11. The fourth-order valence-corrected chi connectivity index (χ4v) is 1.30. The third-order valence-corrected chi connectivity index (χ3v) is 2.11. The van der Waals surface area contributed by atoms with E-state index in [9.17, 15) is 0 Å². The van der Waals surface area contributed by atoms with Crippen LogP contribution in [0.5, 0.6) is 0 Å². The molecule has 0 spiro atoms. The molecular formula is C11H17N3O2. The maximum Gasteiger partial charge on any atom is 0.141 e. The molecule has 0 saturated carbocycles. The maximum absolute atomic E-state index is 8.38. The first-order valence-corrected chi connectivity index (χ1v) is 5.20.